The molecule has 0 radical (unpaired) electrons. The minimum atomic E-state index is -0.0122. The molecule has 1 atom stereocenters. The average molecular weight is 214 g/mol. The van der Waals surface area contributed by atoms with Gasteiger partial charge in [-0.15, -0.1) is 0 Å². The van der Waals surface area contributed by atoms with Crippen molar-refractivity contribution in [1.82, 2.24) is 5.32 Å². The van der Waals surface area contributed by atoms with Gasteiger partial charge in [0.15, 0.2) is 0 Å². The van der Waals surface area contributed by atoms with Crippen LogP contribution in [0.25, 0.3) is 0 Å². The molecule has 1 aromatic carbocycles. The van der Waals surface area contributed by atoms with Crippen LogP contribution in [0.15, 0.2) is 30.3 Å². The van der Waals surface area contributed by atoms with Crippen molar-refractivity contribution in [1.29, 1.82) is 5.26 Å². The molecule has 1 unspecified atom stereocenters. The first-order valence-corrected chi connectivity index (χ1v) is 6.08. The van der Waals surface area contributed by atoms with Crippen LogP contribution in [0.2, 0.25) is 0 Å². The molecule has 0 amide bonds. The van der Waals surface area contributed by atoms with Crippen molar-refractivity contribution in [3.63, 3.8) is 0 Å². The highest BCUT2D eigenvalue weighted by atomic mass is 14.9. The molecule has 16 heavy (non-hydrogen) atoms. The molecule has 0 bridgehead atoms. The van der Waals surface area contributed by atoms with Crippen molar-refractivity contribution < 1.29 is 0 Å². The van der Waals surface area contributed by atoms with Crippen LogP contribution in [-0.2, 0) is 0 Å². The number of hydrogen-bond donors (Lipinski definition) is 1. The molecule has 1 aliphatic rings. The van der Waals surface area contributed by atoms with Gasteiger partial charge < -0.3 is 5.32 Å². The summed E-state index contributed by atoms with van der Waals surface area (Å²) in [7, 11) is 0. The molecule has 0 aromatic heterocycles. The number of rotatable bonds is 4. The lowest BCUT2D eigenvalue weighted by atomic mass is 10.0. The molecule has 1 saturated carbocycles. The van der Waals surface area contributed by atoms with E-state index in [1.54, 1.807) is 0 Å². The summed E-state index contributed by atoms with van der Waals surface area (Å²) in [5, 5.41) is 12.7. The van der Waals surface area contributed by atoms with Crippen LogP contribution < -0.4 is 5.32 Å². The second kappa shape index (κ2) is 5.67. The van der Waals surface area contributed by atoms with E-state index in [1.165, 1.54) is 25.7 Å². The van der Waals surface area contributed by atoms with Crippen molar-refractivity contribution in [3.05, 3.63) is 35.9 Å². The predicted octanol–water partition coefficient (Wildman–Crippen LogP) is 2.83. The fourth-order valence-corrected chi connectivity index (χ4v) is 2.34. The summed E-state index contributed by atoms with van der Waals surface area (Å²) in [5.74, 6) is -0.0122. The fraction of sp³-hybridized carbons (Fsp3) is 0.500. The third-order valence-electron chi connectivity index (χ3n) is 3.32. The van der Waals surface area contributed by atoms with Gasteiger partial charge in [0, 0.05) is 12.6 Å². The lowest BCUT2D eigenvalue weighted by molar-refractivity contribution is 0.514. The van der Waals surface area contributed by atoms with Crippen LogP contribution in [0.3, 0.4) is 0 Å². The first kappa shape index (κ1) is 11.2. The van der Waals surface area contributed by atoms with Gasteiger partial charge in [-0.2, -0.15) is 5.26 Å². The van der Waals surface area contributed by atoms with E-state index in [-0.39, 0.29) is 5.92 Å². The van der Waals surface area contributed by atoms with Crippen molar-refractivity contribution >= 4 is 0 Å². The molecule has 1 fully saturated rings. The summed E-state index contributed by atoms with van der Waals surface area (Å²) in [4.78, 5) is 0. The topological polar surface area (TPSA) is 35.8 Å². The molecule has 2 heteroatoms. The lowest BCUT2D eigenvalue weighted by Crippen LogP contribution is -2.30. The van der Waals surface area contributed by atoms with Crippen LogP contribution >= 0.6 is 0 Å². The van der Waals surface area contributed by atoms with Crippen LogP contribution in [0.5, 0.6) is 0 Å². The molecule has 1 N–H and O–H groups in total. The Morgan fingerprint density at radius 1 is 1.25 bits per heavy atom. The highest BCUT2D eigenvalue weighted by molar-refractivity contribution is 5.25. The molecule has 0 spiro atoms. The maximum absolute atomic E-state index is 9.16. The molecule has 1 aromatic rings. The van der Waals surface area contributed by atoms with Crippen molar-refractivity contribution in [2.75, 3.05) is 6.54 Å². The Labute approximate surface area is 97.3 Å². The third-order valence-corrected chi connectivity index (χ3v) is 3.32. The molecular formula is C14H18N2. The summed E-state index contributed by atoms with van der Waals surface area (Å²) < 4.78 is 0. The zero-order valence-corrected chi connectivity index (χ0v) is 9.52. The van der Waals surface area contributed by atoms with E-state index in [4.69, 9.17) is 5.26 Å². The summed E-state index contributed by atoms with van der Waals surface area (Å²) in [6, 6.07) is 13.1. The first-order valence-electron chi connectivity index (χ1n) is 6.08. The molecule has 84 valence electrons. The highest BCUT2D eigenvalue weighted by Crippen LogP contribution is 2.19. The lowest BCUT2D eigenvalue weighted by Gasteiger charge is -2.15. The zero-order chi connectivity index (χ0) is 11.2. The maximum Gasteiger partial charge on any atom is 0.0837 e. The van der Waals surface area contributed by atoms with Gasteiger partial charge in [-0.05, 0) is 18.4 Å². The molecule has 0 aliphatic heterocycles. The van der Waals surface area contributed by atoms with Gasteiger partial charge in [0.2, 0.25) is 0 Å². The van der Waals surface area contributed by atoms with Gasteiger partial charge in [-0.3, -0.25) is 0 Å². The van der Waals surface area contributed by atoms with Crippen molar-refractivity contribution in [3.8, 4) is 6.07 Å². The van der Waals surface area contributed by atoms with Gasteiger partial charge in [-0.25, -0.2) is 0 Å². The minimum absolute atomic E-state index is 0.0122. The summed E-state index contributed by atoms with van der Waals surface area (Å²) in [6.45, 7) is 0.783. The average Bonchev–Trinajstić information content (AvgIpc) is 2.84. The number of benzene rings is 1. The zero-order valence-electron chi connectivity index (χ0n) is 9.52. The van der Waals surface area contributed by atoms with Gasteiger partial charge in [0.25, 0.3) is 0 Å². The van der Waals surface area contributed by atoms with Gasteiger partial charge in [0.1, 0.15) is 0 Å². The monoisotopic (exact) mass is 214 g/mol. The van der Waals surface area contributed by atoms with E-state index < -0.39 is 0 Å². The Kier molecular flexibility index (Phi) is 3.96. The quantitative estimate of drug-likeness (QED) is 0.836. The van der Waals surface area contributed by atoms with Gasteiger partial charge >= 0.3 is 0 Å². The Bertz CT molecular complexity index is 347. The molecule has 2 rings (SSSR count). The van der Waals surface area contributed by atoms with E-state index in [2.05, 4.69) is 11.4 Å². The smallest absolute Gasteiger partial charge is 0.0837 e. The summed E-state index contributed by atoms with van der Waals surface area (Å²) in [6.07, 6.45) is 5.21. The standard InChI is InChI=1S/C14H18N2/c15-10-13(12-6-2-1-3-7-12)11-16-14-8-4-5-9-14/h1-3,6-7,13-14,16H,4-5,8-9,11H2. The molecule has 0 heterocycles. The summed E-state index contributed by atoms with van der Waals surface area (Å²) >= 11 is 0. The molecule has 0 saturated heterocycles. The van der Waals surface area contributed by atoms with Crippen molar-refractivity contribution in [2.45, 2.75) is 37.6 Å². The van der Waals surface area contributed by atoms with E-state index in [0.717, 1.165) is 12.1 Å². The largest absolute Gasteiger partial charge is 0.312 e. The Hall–Kier alpha value is -1.33. The maximum atomic E-state index is 9.16. The predicted molar refractivity (Wildman–Crippen MR) is 65.1 cm³/mol. The van der Waals surface area contributed by atoms with Crippen LogP contribution in [0.1, 0.15) is 37.2 Å². The second-order valence-electron chi connectivity index (χ2n) is 4.48. The molecule has 1 aliphatic carbocycles. The SMILES string of the molecule is N#CC(CNC1CCCC1)c1ccccc1. The van der Waals surface area contributed by atoms with E-state index >= 15 is 0 Å². The van der Waals surface area contributed by atoms with Crippen LogP contribution in [0.4, 0.5) is 0 Å². The Morgan fingerprint density at radius 3 is 2.56 bits per heavy atom. The normalized spacial score (nSPS) is 18.2. The van der Waals surface area contributed by atoms with Crippen molar-refractivity contribution in [2.24, 2.45) is 0 Å². The van der Waals surface area contributed by atoms with Gasteiger partial charge in [-0.1, -0.05) is 43.2 Å². The Morgan fingerprint density at radius 2 is 1.94 bits per heavy atom. The summed E-state index contributed by atoms with van der Waals surface area (Å²) in [5.41, 5.74) is 1.12. The number of nitrogens with one attached hydrogen (secondary N) is 1. The fourth-order valence-electron chi connectivity index (χ4n) is 2.34. The Balaban J connectivity index is 1.89. The van der Waals surface area contributed by atoms with Crippen LogP contribution in [-0.4, -0.2) is 12.6 Å². The van der Waals surface area contributed by atoms with E-state index in [1.807, 2.05) is 30.3 Å². The van der Waals surface area contributed by atoms with E-state index in [9.17, 15) is 0 Å². The van der Waals surface area contributed by atoms with Gasteiger partial charge in [0.05, 0.1) is 12.0 Å². The van der Waals surface area contributed by atoms with E-state index in [0.29, 0.717) is 6.04 Å². The molecular weight excluding hydrogens is 196 g/mol. The molecule has 2 nitrogen and oxygen atoms in total. The number of nitrogens with zero attached hydrogens (tertiary/aromatic N) is 1. The highest BCUT2D eigenvalue weighted by Gasteiger charge is 2.17. The second-order valence-corrected chi connectivity index (χ2v) is 4.48. The van der Waals surface area contributed by atoms with Crippen LogP contribution in [0, 0.1) is 11.3 Å². The minimum Gasteiger partial charge on any atom is -0.312 e. The number of nitriles is 1. The first-order chi connectivity index (χ1) is 7.90. The third kappa shape index (κ3) is 2.84. The number of hydrogen-bond acceptors (Lipinski definition) is 2.